The number of benzene rings is 1. The number of hydrogen-bond acceptors (Lipinski definition) is 3. The van der Waals surface area contributed by atoms with Crippen molar-refractivity contribution < 1.29 is 4.74 Å². The third-order valence-electron chi connectivity index (χ3n) is 3.05. The molecule has 0 aliphatic carbocycles. The highest BCUT2D eigenvalue weighted by molar-refractivity contribution is 6.42. The minimum absolute atomic E-state index is 0.146. The highest BCUT2D eigenvalue weighted by Gasteiger charge is 2.12. The van der Waals surface area contributed by atoms with E-state index in [-0.39, 0.29) is 6.04 Å². The minimum Gasteiger partial charge on any atom is -0.385 e. The quantitative estimate of drug-likeness (QED) is 0.821. The zero-order valence-electron chi connectivity index (χ0n) is 11.2. The molecule has 0 bridgehead atoms. The van der Waals surface area contributed by atoms with Gasteiger partial charge in [-0.25, -0.2) is 0 Å². The zero-order chi connectivity index (χ0) is 14.4. The van der Waals surface area contributed by atoms with Crippen LogP contribution in [0.3, 0.4) is 0 Å². The Morgan fingerprint density at radius 2 is 2.15 bits per heavy atom. The summed E-state index contributed by atoms with van der Waals surface area (Å²) in [6.07, 6.45) is 2.59. The molecule has 2 rings (SSSR count). The van der Waals surface area contributed by atoms with Gasteiger partial charge in [-0.1, -0.05) is 29.3 Å². The first-order valence-electron chi connectivity index (χ1n) is 6.36. The van der Waals surface area contributed by atoms with Crippen LogP contribution < -0.4 is 5.32 Å². The van der Waals surface area contributed by atoms with E-state index < -0.39 is 0 Å². The maximum Gasteiger partial charge on any atom is 0.0595 e. The maximum atomic E-state index is 6.08. The molecule has 0 saturated heterocycles. The summed E-state index contributed by atoms with van der Waals surface area (Å²) in [7, 11) is 1.70. The van der Waals surface area contributed by atoms with Crippen molar-refractivity contribution in [2.45, 2.75) is 19.0 Å². The Morgan fingerprint density at radius 1 is 1.30 bits per heavy atom. The summed E-state index contributed by atoms with van der Waals surface area (Å²) >= 11 is 12.0. The van der Waals surface area contributed by atoms with Crippen LogP contribution in [0.4, 0.5) is 0 Å². The minimum atomic E-state index is 0.146. The van der Waals surface area contributed by atoms with Gasteiger partial charge in [0.05, 0.1) is 10.0 Å². The van der Waals surface area contributed by atoms with Gasteiger partial charge in [-0.15, -0.1) is 0 Å². The lowest BCUT2D eigenvalue weighted by molar-refractivity contribution is 0.182. The van der Waals surface area contributed by atoms with E-state index in [4.69, 9.17) is 27.9 Å². The number of hydrogen-bond donors (Lipinski definition) is 2. The van der Waals surface area contributed by atoms with Crippen LogP contribution in [-0.2, 0) is 11.3 Å². The largest absolute Gasteiger partial charge is 0.385 e. The topological polar surface area (TPSA) is 49.9 Å². The Labute approximate surface area is 128 Å². The van der Waals surface area contributed by atoms with E-state index in [0.717, 1.165) is 17.7 Å². The van der Waals surface area contributed by atoms with Gasteiger partial charge in [0, 0.05) is 38.2 Å². The Bertz CT molecular complexity index is 531. The summed E-state index contributed by atoms with van der Waals surface area (Å²) < 4.78 is 5.17. The Balaban J connectivity index is 2.07. The molecule has 2 N–H and O–H groups in total. The molecule has 1 atom stereocenters. The molecule has 0 saturated carbocycles. The molecule has 0 amide bonds. The van der Waals surface area contributed by atoms with E-state index in [1.54, 1.807) is 13.3 Å². The molecular weight excluding hydrogens is 297 g/mol. The van der Waals surface area contributed by atoms with Crippen molar-refractivity contribution in [2.75, 3.05) is 13.7 Å². The van der Waals surface area contributed by atoms with Gasteiger partial charge in [0.1, 0.15) is 0 Å². The van der Waals surface area contributed by atoms with Crippen molar-refractivity contribution in [2.24, 2.45) is 0 Å². The lowest BCUT2D eigenvalue weighted by atomic mass is 10.0. The Kier molecular flexibility index (Phi) is 5.86. The highest BCUT2D eigenvalue weighted by atomic mass is 35.5. The van der Waals surface area contributed by atoms with Gasteiger partial charge in [-0.3, -0.25) is 5.10 Å². The van der Waals surface area contributed by atoms with Gasteiger partial charge in [0.2, 0.25) is 0 Å². The number of aromatic amines is 1. The molecule has 0 fully saturated rings. The molecule has 0 spiro atoms. The molecule has 6 heteroatoms. The van der Waals surface area contributed by atoms with Crippen LogP contribution in [0.5, 0.6) is 0 Å². The average Bonchev–Trinajstić information content (AvgIpc) is 2.95. The summed E-state index contributed by atoms with van der Waals surface area (Å²) in [6.45, 7) is 1.37. The zero-order valence-corrected chi connectivity index (χ0v) is 12.7. The molecule has 1 heterocycles. The van der Waals surface area contributed by atoms with Crippen LogP contribution in [0.25, 0.3) is 0 Å². The molecule has 2 aromatic rings. The molecule has 0 radical (unpaired) electrons. The second-order valence-corrected chi connectivity index (χ2v) is 5.28. The molecule has 4 nitrogen and oxygen atoms in total. The number of nitrogens with zero attached hydrogens (tertiary/aromatic N) is 1. The monoisotopic (exact) mass is 313 g/mol. The number of rotatable bonds is 7. The van der Waals surface area contributed by atoms with E-state index in [0.29, 0.717) is 23.2 Å². The second kappa shape index (κ2) is 7.64. The van der Waals surface area contributed by atoms with Gasteiger partial charge in [0.25, 0.3) is 0 Å². The van der Waals surface area contributed by atoms with Crippen LogP contribution in [0.15, 0.2) is 30.5 Å². The van der Waals surface area contributed by atoms with Crippen molar-refractivity contribution in [3.05, 3.63) is 51.8 Å². The molecule has 1 unspecified atom stereocenters. The molecule has 1 aromatic heterocycles. The van der Waals surface area contributed by atoms with E-state index in [2.05, 4.69) is 15.5 Å². The van der Waals surface area contributed by atoms with E-state index in [1.807, 2.05) is 24.3 Å². The first-order valence-corrected chi connectivity index (χ1v) is 7.12. The van der Waals surface area contributed by atoms with E-state index in [9.17, 15) is 0 Å². The van der Waals surface area contributed by atoms with Crippen molar-refractivity contribution >= 4 is 23.2 Å². The standard InChI is InChI=1S/C14H17Cl2N3O/c1-20-7-5-14(17-9-11-4-6-18-19-11)10-2-3-12(15)13(16)8-10/h2-4,6,8,14,17H,5,7,9H2,1H3,(H,18,19). The van der Waals surface area contributed by atoms with Crippen LogP contribution in [0.1, 0.15) is 23.7 Å². The Morgan fingerprint density at radius 3 is 2.80 bits per heavy atom. The van der Waals surface area contributed by atoms with Crippen LogP contribution >= 0.6 is 23.2 Å². The fraction of sp³-hybridized carbons (Fsp3) is 0.357. The van der Waals surface area contributed by atoms with Crippen LogP contribution in [-0.4, -0.2) is 23.9 Å². The summed E-state index contributed by atoms with van der Waals surface area (Å²) in [5.74, 6) is 0. The van der Waals surface area contributed by atoms with Gasteiger partial charge in [0.15, 0.2) is 0 Å². The fourth-order valence-corrected chi connectivity index (χ4v) is 2.27. The molecule has 20 heavy (non-hydrogen) atoms. The first kappa shape index (κ1) is 15.3. The Hall–Kier alpha value is -1.07. The molecule has 0 aliphatic rings. The maximum absolute atomic E-state index is 6.08. The smallest absolute Gasteiger partial charge is 0.0595 e. The molecular formula is C14H17Cl2N3O. The number of halogens is 2. The molecule has 108 valence electrons. The second-order valence-electron chi connectivity index (χ2n) is 4.47. The van der Waals surface area contributed by atoms with E-state index >= 15 is 0 Å². The van der Waals surface area contributed by atoms with Crippen LogP contribution in [0.2, 0.25) is 10.0 Å². The number of aromatic nitrogens is 2. The highest BCUT2D eigenvalue weighted by Crippen LogP contribution is 2.27. The first-order chi connectivity index (χ1) is 9.70. The van der Waals surface area contributed by atoms with Gasteiger partial charge >= 0.3 is 0 Å². The van der Waals surface area contributed by atoms with Gasteiger partial charge in [-0.2, -0.15) is 5.10 Å². The number of ether oxygens (including phenoxy) is 1. The summed E-state index contributed by atoms with van der Waals surface area (Å²) in [5.41, 5.74) is 2.13. The number of nitrogens with one attached hydrogen (secondary N) is 2. The molecule has 1 aromatic carbocycles. The third kappa shape index (κ3) is 4.21. The predicted octanol–water partition coefficient (Wildman–Crippen LogP) is 3.58. The summed E-state index contributed by atoms with van der Waals surface area (Å²) in [5, 5.41) is 11.5. The lowest BCUT2D eigenvalue weighted by Crippen LogP contribution is -2.22. The lowest BCUT2D eigenvalue weighted by Gasteiger charge is -2.19. The summed E-state index contributed by atoms with van der Waals surface area (Å²) in [6, 6.07) is 7.78. The van der Waals surface area contributed by atoms with Crippen molar-refractivity contribution in [1.82, 2.24) is 15.5 Å². The van der Waals surface area contributed by atoms with Crippen molar-refractivity contribution in [3.63, 3.8) is 0 Å². The summed E-state index contributed by atoms with van der Waals surface area (Å²) in [4.78, 5) is 0. The third-order valence-corrected chi connectivity index (χ3v) is 3.79. The van der Waals surface area contributed by atoms with Crippen molar-refractivity contribution in [1.29, 1.82) is 0 Å². The predicted molar refractivity (Wildman–Crippen MR) is 81.1 cm³/mol. The molecule has 0 aliphatic heterocycles. The van der Waals surface area contributed by atoms with Gasteiger partial charge in [-0.05, 0) is 30.2 Å². The number of methoxy groups -OCH3 is 1. The fourth-order valence-electron chi connectivity index (χ4n) is 1.97. The van der Waals surface area contributed by atoms with Crippen LogP contribution in [0, 0.1) is 0 Å². The normalized spacial score (nSPS) is 12.6. The average molecular weight is 314 g/mol. The SMILES string of the molecule is COCCC(NCc1ccn[nH]1)c1ccc(Cl)c(Cl)c1. The van der Waals surface area contributed by atoms with Crippen molar-refractivity contribution in [3.8, 4) is 0 Å². The number of H-pyrrole nitrogens is 1. The van der Waals surface area contributed by atoms with Gasteiger partial charge < -0.3 is 10.1 Å². The van der Waals surface area contributed by atoms with E-state index in [1.165, 1.54) is 0 Å².